The number of hydrogen-bond donors (Lipinski definition) is 2. The third-order valence-electron chi connectivity index (χ3n) is 4.55. The highest BCUT2D eigenvalue weighted by atomic mass is 16.5. The topological polar surface area (TPSA) is 83.8 Å². The number of nitrogens with one attached hydrogen (secondary N) is 2. The molecule has 1 aliphatic rings. The van der Waals surface area contributed by atoms with E-state index in [1.807, 2.05) is 30.3 Å². The zero-order valence-corrected chi connectivity index (χ0v) is 15.1. The van der Waals surface area contributed by atoms with Crippen LogP contribution in [0, 0.1) is 6.92 Å². The van der Waals surface area contributed by atoms with Crippen LogP contribution >= 0.6 is 0 Å². The van der Waals surface area contributed by atoms with E-state index in [1.54, 1.807) is 24.9 Å². The molecule has 0 aliphatic carbocycles. The highest BCUT2D eigenvalue weighted by Gasteiger charge is 2.32. The van der Waals surface area contributed by atoms with Gasteiger partial charge >= 0.3 is 5.97 Å². The number of methoxy groups -OCH3 is 1. The lowest BCUT2D eigenvalue weighted by Crippen LogP contribution is -2.43. The molecular formula is C19H23N3O4. The van der Waals surface area contributed by atoms with E-state index >= 15 is 0 Å². The van der Waals surface area contributed by atoms with Crippen molar-refractivity contribution in [2.75, 3.05) is 14.2 Å². The third kappa shape index (κ3) is 3.79. The number of hydrazine groups is 1. The second kappa shape index (κ2) is 7.72. The van der Waals surface area contributed by atoms with E-state index in [2.05, 4.69) is 10.9 Å². The Labute approximate surface area is 152 Å². The van der Waals surface area contributed by atoms with Crippen molar-refractivity contribution in [1.29, 1.82) is 0 Å². The molecule has 0 bridgehead atoms. The van der Waals surface area contributed by atoms with E-state index in [9.17, 15) is 9.59 Å². The van der Waals surface area contributed by atoms with Crippen molar-refractivity contribution >= 4 is 11.9 Å². The number of carbonyl (C=O) groups is 2. The molecule has 7 heteroatoms. The maximum absolute atomic E-state index is 12.7. The third-order valence-corrected chi connectivity index (χ3v) is 4.55. The average Bonchev–Trinajstić information content (AvgIpc) is 3.28. The first kappa shape index (κ1) is 18.2. The van der Waals surface area contributed by atoms with E-state index in [4.69, 9.17) is 9.15 Å². The van der Waals surface area contributed by atoms with Crippen molar-refractivity contribution in [2.45, 2.75) is 32.0 Å². The Morgan fingerprint density at radius 3 is 2.69 bits per heavy atom. The van der Waals surface area contributed by atoms with E-state index in [0.717, 1.165) is 5.56 Å². The van der Waals surface area contributed by atoms with Crippen molar-refractivity contribution < 1.29 is 18.7 Å². The first-order valence-electron chi connectivity index (χ1n) is 8.48. The predicted octanol–water partition coefficient (Wildman–Crippen LogP) is 1.94. The molecule has 2 atom stereocenters. The largest absolute Gasteiger partial charge is 0.465 e. The zero-order chi connectivity index (χ0) is 18.7. The molecule has 2 heterocycles. The number of amides is 1. The highest BCUT2D eigenvalue weighted by Crippen LogP contribution is 2.23. The SMILES string of the molecule is COC(=O)c1cc(CN(C)C(=O)C2CC(c3ccccc3)NN2)oc1C. The van der Waals surface area contributed by atoms with Gasteiger partial charge in [0.25, 0.3) is 0 Å². The molecular weight excluding hydrogens is 334 g/mol. The smallest absolute Gasteiger partial charge is 0.341 e. The van der Waals surface area contributed by atoms with Gasteiger partial charge in [-0.3, -0.25) is 4.79 Å². The summed E-state index contributed by atoms with van der Waals surface area (Å²) in [4.78, 5) is 26.0. The van der Waals surface area contributed by atoms with Crippen molar-refractivity contribution in [2.24, 2.45) is 0 Å². The Morgan fingerprint density at radius 1 is 1.27 bits per heavy atom. The van der Waals surface area contributed by atoms with Gasteiger partial charge in [0, 0.05) is 13.1 Å². The molecule has 1 fully saturated rings. The van der Waals surface area contributed by atoms with Gasteiger partial charge in [-0.2, -0.15) is 0 Å². The minimum Gasteiger partial charge on any atom is -0.465 e. The molecule has 1 saturated heterocycles. The van der Waals surface area contributed by atoms with Crippen LogP contribution in [0.2, 0.25) is 0 Å². The van der Waals surface area contributed by atoms with Crippen molar-refractivity contribution in [3.63, 3.8) is 0 Å². The maximum Gasteiger partial charge on any atom is 0.341 e. The number of likely N-dealkylation sites (N-methyl/N-ethyl adjacent to an activating group) is 1. The molecule has 0 radical (unpaired) electrons. The summed E-state index contributed by atoms with van der Waals surface area (Å²) in [6.45, 7) is 1.98. The Bertz CT molecular complexity index is 787. The molecule has 0 spiro atoms. The molecule has 2 unspecified atom stereocenters. The van der Waals surface area contributed by atoms with Gasteiger partial charge < -0.3 is 14.1 Å². The van der Waals surface area contributed by atoms with Gasteiger partial charge in [0.05, 0.1) is 13.7 Å². The summed E-state index contributed by atoms with van der Waals surface area (Å²) in [6.07, 6.45) is 0.664. The van der Waals surface area contributed by atoms with Gasteiger partial charge in [-0.1, -0.05) is 30.3 Å². The van der Waals surface area contributed by atoms with Crippen LogP contribution in [0.5, 0.6) is 0 Å². The molecule has 138 valence electrons. The first-order chi connectivity index (χ1) is 12.5. The quantitative estimate of drug-likeness (QED) is 0.796. The van der Waals surface area contributed by atoms with Crippen molar-refractivity contribution in [3.05, 3.63) is 59.0 Å². The number of ether oxygens (including phenoxy) is 1. The maximum atomic E-state index is 12.7. The monoisotopic (exact) mass is 357 g/mol. The molecule has 1 aliphatic heterocycles. The van der Waals surface area contributed by atoms with Crippen LogP contribution in [-0.4, -0.2) is 37.0 Å². The summed E-state index contributed by atoms with van der Waals surface area (Å²) >= 11 is 0. The Kier molecular flexibility index (Phi) is 5.39. The molecule has 7 nitrogen and oxygen atoms in total. The van der Waals surface area contributed by atoms with Gasteiger partial charge in [-0.15, -0.1) is 0 Å². The summed E-state index contributed by atoms with van der Waals surface area (Å²) < 4.78 is 10.3. The molecule has 2 N–H and O–H groups in total. The fourth-order valence-electron chi connectivity index (χ4n) is 3.13. The second-order valence-electron chi connectivity index (χ2n) is 6.41. The van der Waals surface area contributed by atoms with Gasteiger partial charge in [-0.05, 0) is 25.0 Å². The molecule has 1 aromatic heterocycles. The summed E-state index contributed by atoms with van der Waals surface area (Å²) in [7, 11) is 3.04. The molecule has 2 aromatic rings. The highest BCUT2D eigenvalue weighted by molar-refractivity contribution is 5.90. The first-order valence-corrected chi connectivity index (χ1v) is 8.48. The standard InChI is InChI=1S/C19H23N3O4/c1-12-15(19(24)25-3)9-14(26-12)11-22(2)18(23)17-10-16(20-21-17)13-7-5-4-6-8-13/h4-9,16-17,20-21H,10-11H2,1-3H3. The van der Waals surface area contributed by atoms with Crippen molar-refractivity contribution in [1.82, 2.24) is 15.8 Å². The summed E-state index contributed by atoms with van der Waals surface area (Å²) in [5.74, 6) is 0.547. The number of benzene rings is 1. The van der Waals surface area contributed by atoms with Crippen LogP contribution in [0.4, 0.5) is 0 Å². The van der Waals surface area contributed by atoms with Crippen LogP contribution in [0.1, 0.15) is 39.9 Å². The Hall–Kier alpha value is -2.64. The van der Waals surface area contributed by atoms with Crippen LogP contribution in [0.25, 0.3) is 0 Å². The molecule has 3 rings (SSSR count). The number of furan rings is 1. The van der Waals surface area contributed by atoms with Crippen LogP contribution in [-0.2, 0) is 16.1 Å². The molecule has 1 aromatic carbocycles. The van der Waals surface area contributed by atoms with E-state index in [1.165, 1.54) is 7.11 Å². The number of aryl methyl sites for hydroxylation is 1. The number of hydrogen-bond acceptors (Lipinski definition) is 6. The normalized spacial score (nSPS) is 19.3. The van der Waals surface area contributed by atoms with E-state index in [-0.39, 0.29) is 24.5 Å². The fraction of sp³-hybridized carbons (Fsp3) is 0.368. The Balaban J connectivity index is 1.61. The van der Waals surface area contributed by atoms with Gasteiger partial charge in [0.1, 0.15) is 23.1 Å². The Morgan fingerprint density at radius 2 is 2.00 bits per heavy atom. The summed E-state index contributed by atoms with van der Waals surface area (Å²) in [6, 6.07) is 11.4. The van der Waals surface area contributed by atoms with Crippen LogP contribution in [0.3, 0.4) is 0 Å². The zero-order valence-electron chi connectivity index (χ0n) is 15.1. The lowest BCUT2D eigenvalue weighted by Gasteiger charge is -2.19. The number of carbonyl (C=O) groups excluding carboxylic acids is 2. The van der Waals surface area contributed by atoms with Crippen LogP contribution < -0.4 is 10.9 Å². The minimum absolute atomic E-state index is 0.0374. The number of rotatable bonds is 5. The summed E-state index contributed by atoms with van der Waals surface area (Å²) in [5.41, 5.74) is 7.77. The minimum atomic E-state index is -0.446. The molecule has 1 amide bonds. The lowest BCUT2D eigenvalue weighted by atomic mass is 10.0. The number of nitrogens with zero attached hydrogens (tertiary/aromatic N) is 1. The van der Waals surface area contributed by atoms with Crippen LogP contribution in [0.15, 0.2) is 40.8 Å². The van der Waals surface area contributed by atoms with E-state index in [0.29, 0.717) is 23.5 Å². The molecule has 26 heavy (non-hydrogen) atoms. The van der Waals surface area contributed by atoms with Gasteiger partial charge in [0.15, 0.2) is 0 Å². The number of esters is 1. The lowest BCUT2D eigenvalue weighted by molar-refractivity contribution is -0.132. The molecule has 0 saturated carbocycles. The van der Waals surface area contributed by atoms with E-state index < -0.39 is 5.97 Å². The van der Waals surface area contributed by atoms with Crippen molar-refractivity contribution in [3.8, 4) is 0 Å². The summed E-state index contributed by atoms with van der Waals surface area (Å²) in [5, 5.41) is 0. The van der Waals surface area contributed by atoms with Gasteiger partial charge in [-0.25, -0.2) is 15.6 Å². The average molecular weight is 357 g/mol. The van der Waals surface area contributed by atoms with Gasteiger partial charge in [0.2, 0.25) is 5.91 Å². The second-order valence-corrected chi connectivity index (χ2v) is 6.41. The fourth-order valence-corrected chi connectivity index (χ4v) is 3.13. The predicted molar refractivity (Wildman–Crippen MR) is 95.1 cm³/mol.